The third-order valence-electron chi connectivity index (χ3n) is 2.49. The Balaban J connectivity index is 2.97. The van der Waals surface area contributed by atoms with Crippen LogP contribution in [0, 0.1) is 0 Å². The molecule has 1 fully saturated rings. The number of hydrogen-bond acceptors (Lipinski definition) is 4. The Morgan fingerprint density at radius 3 is 2.46 bits per heavy atom. The number of methoxy groups -OCH3 is 1. The topological polar surface area (TPSA) is 83.8 Å². The van der Waals surface area contributed by atoms with Crippen molar-refractivity contribution in [1.82, 2.24) is 0 Å². The first-order chi connectivity index (χ1) is 5.92. The minimum absolute atomic E-state index is 0.0321. The highest BCUT2D eigenvalue weighted by Crippen LogP contribution is 2.34. The minimum Gasteiger partial charge on any atom is -0.377 e. The molecule has 0 aromatic rings. The monoisotopic (exact) mass is 210 g/mol. The molecule has 13 heavy (non-hydrogen) atoms. The fourth-order valence-corrected chi connectivity index (χ4v) is 2.64. The normalized spacial score (nSPS) is 36.1. The Morgan fingerprint density at radius 2 is 2.08 bits per heavy atom. The van der Waals surface area contributed by atoms with Crippen LogP contribution in [-0.4, -0.2) is 36.2 Å². The van der Waals surface area contributed by atoms with Crippen molar-refractivity contribution in [3.05, 3.63) is 0 Å². The summed E-state index contributed by atoms with van der Waals surface area (Å²) in [7, 11) is -3.13. The predicted octanol–water partition coefficient (Wildman–Crippen LogP) is 0.152. The van der Waals surface area contributed by atoms with Crippen molar-refractivity contribution in [2.24, 2.45) is 0 Å². The van der Waals surface area contributed by atoms with E-state index in [9.17, 15) is 13.5 Å². The Kier molecular flexibility index (Phi) is 2.96. The Morgan fingerprint density at radius 1 is 1.46 bits per heavy atom. The van der Waals surface area contributed by atoms with Gasteiger partial charge in [-0.15, -0.1) is 0 Å². The van der Waals surface area contributed by atoms with Crippen molar-refractivity contribution in [1.29, 1.82) is 0 Å². The van der Waals surface area contributed by atoms with Crippen LogP contribution in [-0.2, 0) is 14.9 Å². The summed E-state index contributed by atoms with van der Waals surface area (Å²) in [6.45, 7) is 0. The number of hydrogen-bond donors (Lipinski definition) is 2. The largest absolute Gasteiger partial charge is 0.377 e. The van der Waals surface area contributed by atoms with E-state index in [1.807, 2.05) is 0 Å². The zero-order valence-electron chi connectivity index (χ0n) is 7.43. The maximum absolute atomic E-state index is 10.9. The molecule has 0 aliphatic heterocycles. The Bertz CT molecular complexity index is 273. The molecule has 0 amide bonds. The molecule has 1 rings (SSSR count). The summed E-state index contributed by atoms with van der Waals surface area (Å²) in [5, 5.41) is 9.70. The van der Waals surface area contributed by atoms with Crippen LogP contribution in [0.5, 0.6) is 0 Å². The number of aliphatic hydroxyl groups is 1. The lowest BCUT2D eigenvalue weighted by atomic mass is 9.94. The predicted molar refractivity (Wildman–Crippen MR) is 45.8 cm³/mol. The lowest BCUT2D eigenvalue weighted by molar-refractivity contribution is -0.0680. The molecule has 0 aromatic heterocycles. The molecule has 1 aliphatic rings. The fraction of sp³-hybridized carbons (Fsp3) is 1.00. The summed E-state index contributed by atoms with van der Waals surface area (Å²) in [5.41, 5.74) is 0. The van der Waals surface area contributed by atoms with E-state index < -0.39 is 21.2 Å². The molecule has 2 N–H and O–H groups in total. The zero-order chi connectivity index (χ0) is 10.1. The molecule has 6 heteroatoms. The molecule has 2 atom stereocenters. The lowest BCUT2D eigenvalue weighted by Crippen LogP contribution is -2.51. The smallest absolute Gasteiger partial charge is 0.297 e. The van der Waals surface area contributed by atoms with Gasteiger partial charge in [0.1, 0.15) is 6.10 Å². The second-order valence-electron chi connectivity index (χ2n) is 3.29. The first-order valence-corrected chi connectivity index (χ1v) is 5.58. The fourth-order valence-electron chi connectivity index (χ4n) is 1.69. The summed E-state index contributed by atoms with van der Waals surface area (Å²) >= 11 is 0. The van der Waals surface area contributed by atoms with E-state index in [2.05, 4.69) is 0 Å². The van der Waals surface area contributed by atoms with Crippen molar-refractivity contribution >= 4 is 10.1 Å². The summed E-state index contributed by atoms with van der Waals surface area (Å²) in [6.07, 6.45) is 1.04. The molecule has 0 aromatic carbocycles. The first-order valence-electron chi connectivity index (χ1n) is 4.14. The van der Waals surface area contributed by atoms with Gasteiger partial charge in [0.25, 0.3) is 10.1 Å². The minimum atomic E-state index is -4.46. The van der Waals surface area contributed by atoms with Gasteiger partial charge in [-0.2, -0.15) is 8.42 Å². The summed E-state index contributed by atoms with van der Waals surface area (Å²) in [5.74, 6) is 0. The molecule has 78 valence electrons. The maximum Gasteiger partial charge on any atom is 0.297 e. The van der Waals surface area contributed by atoms with Crippen LogP contribution < -0.4 is 0 Å². The van der Waals surface area contributed by atoms with E-state index >= 15 is 0 Å². The molecule has 0 radical (unpaired) electrons. The van der Waals surface area contributed by atoms with E-state index in [0.717, 1.165) is 6.42 Å². The van der Waals surface area contributed by atoms with Crippen LogP contribution in [0.2, 0.25) is 0 Å². The van der Waals surface area contributed by atoms with E-state index in [-0.39, 0.29) is 6.42 Å². The quantitative estimate of drug-likeness (QED) is 0.634. The van der Waals surface area contributed by atoms with E-state index in [0.29, 0.717) is 12.8 Å². The van der Waals surface area contributed by atoms with Gasteiger partial charge in [-0.05, 0) is 19.3 Å². The van der Waals surface area contributed by atoms with E-state index in [4.69, 9.17) is 9.29 Å². The average molecular weight is 210 g/mol. The van der Waals surface area contributed by atoms with Crippen LogP contribution in [0.4, 0.5) is 0 Å². The summed E-state index contributed by atoms with van der Waals surface area (Å²) < 4.78 is 35.5. The van der Waals surface area contributed by atoms with E-state index in [1.165, 1.54) is 7.11 Å². The number of rotatable bonds is 2. The Hall–Kier alpha value is -0.170. The van der Waals surface area contributed by atoms with E-state index in [1.54, 1.807) is 0 Å². The molecule has 2 unspecified atom stereocenters. The van der Waals surface area contributed by atoms with Crippen molar-refractivity contribution < 1.29 is 22.8 Å². The summed E-state index contributed by atoms with van der Waals surface area (Å²) in [4.78, 5) is -2.11. The third-order valence-corrected chi connectivity index (χ3v) is 3.85. The van der Waals surface area contributed by atoms with Gasteiger partial charge in [-0.1, -0.05) is 6.42 Å². The van der Waals surface area contributed by atoms with Crippen LogP contribution >= 0.6 is 0 Å². The molecule has 0 heterocycles. The van der Waals surface area contributed by atoms with Crippen molar-refractivity contribution in [2.45, 2.75) is 36.7 Å². The standard InChI is InChI=1S/C7H14O5S/c1-12-6-4-2-3-5-7(6,8)13(9,10)11/h6,8H,2-5H2,1H3,(H,9,10,11). The zero-order valence-corrected chi connectivity index (χ0v) is 8.25. The molecule has 1 aliphatic carbocycles. The van der Waals surface area contributed by atoms with Gasteiger partial charge in [0, 0.05) is 7.11 Å². The molecule has 0 bridgehead atoms. The molecular formula is C7H14O5S. The number of ether oxygens (including phenoxy) is 1. The highest BCUT2D eigenvalue weighted by molar-refractivity contribution is 7.87. The summed E-state index contributed by atoms with van der Waals surface area (Å²) in [6, 6.07) is 0. The van der Waals surface area contributed by atoms with Crippen LogP contribution in [0.1, 0.15) is 25.7 Å². The highest BCUT2D eigenvalue weighted by atomic mass is 32.2. The van der Waals surface area contributed by atoms with Crippen molar-refractivity contribution in [3.8, 4) is 0 Å². The first kappa shape index (κ1) is 10.9. The molecule has 0 saturated heterocycles. The van der Waals surface area contributed by atoms with Crippen LogP contribution in [0.25, 0.3) is 0 Å². The van der Waals surface area contributed by atoms with Crippen LogP contribution in [0.15, 0.2) is 0 Å². The third kappa shape index (κ3) is 1.85. The SMILES string of the molecule is COC1CCCCC1(O)S(=O)(=O)O. The molecule has 5 nitrogen and oxygen atoms in total. The van der Waals surface area contributed by atoms with Crippen molar-refractivity contribution in [2.75, 3.05) is 7.11 Å². The van der Waals surface area contributed by atoms with Gasteiger partial charge in [-0.3, -0.25) is 4.55 Å². The lowest BCUT2D eigenvalue weighted by Gasteiger charge is -2.35. The van der Waals surface area contributed by atoms with Gasteiger partial charge >= 0.3 is 0 Å². The van der Waals surface area contributed by atoms with Crippen molar-refractivity contribution in [3.63, 3.8) is 0 Å². The highest BCUT2D eigenvalue weighted by Gasteiger charge is 2.49. The van der Waals surface area contributed by atoms with Gasteiger partial charge < -0.3 is 9.84 Å². The Labute approximate surface area is 77.5 Å². The molecule has 0 spiro atoms. The van der Waals surface area contributed by atoms with Gasteiger partial charge in [-0.25, -0.2) is 0 Å². The van der Waals surface area contributed by atoms with Gasteiger partial charge in [0.2, 0.25) is 4.93 Å². The van der Waals surface area contributed by atoms with Gasteiger partial charge in [0.05, 0.1) is 0 Å². The second kappa shape index (κ2) is 3.53. The second-order valence-corrected chi connectivity index (χ2v) is 4.95. The molecule has 1 saturated carbocycles. The van der Waals surface area contributed by atoms with Crippen LogP contribution in [0.3, 0.4) is 0 Å². The average Bonchev–Trinajstić information content (AvgIpc) is 2.03. The van der Waals surface area contributed by atoms with Gasteiger partial charge in [0.15, 0.2) is 0 Å². The molecular weight excluding hydrogens is 196 g/mol. The maximum atomic E-state index is 10.9.